The summed E-state index contributed by atoms with van der Waals surface area (Å²) in [5.41, 5.74) is 8.51. The van der Waals surface area contributed by atoms with Crippen molar-refractivity contribution in [2.75, 3.05) is 33.2 Å². The number of nitrogens with two attached hydrogens (primary N) is 1. The van der Waals surface area contributed by atoms with Crippen LogP contribution in [-0.4, -0.2) is 48.9 Å². The fourth-order valence-corrected chi connectivity index (χ4v) is 2.98. The van der Waals surface area contributed by atoms with E-state index in [9.17, 15) is 4.79 Å². The zero-order valence-corrected chi connectivity index (χ0v) is 14.1. The fourth-order valence-electron chi connectivity index (χ4n) is 2.98. The highest BCUT2D eigenvalue weighted by atomic mass is 16.2. The summed E-state index contributed by atoms with van der Waals surface area (Å²) in [4.78, 5) is 16.4. The Morgan fingerprint density at radius 2 is 1.95 bits per heavy atom. The lowest BCUT2D eigenvalue weighted by molar-refractivity contribution is -0.131. The van der Waals surface area contributed by atoms with Crippen molar-refractivity contribution in [2.45, 2.75) is 33.2 Å². The molecule has 0 saturated carbocycles. The van der Waals surface area contributed by atoms with Gasteiger partial charge >= 0.3 is 0 Å². The molecule has 122 valence electrons. The van der Waals surface area contributed by atoms with E-state index in [0.29, 0.717) is 19.6 Å². The van der Waals surface area contributed by atoms with Crippen LogP contribution in [0.5, 0.6) is 0 Å². The molecule has 2 rings (SSSR count). The number of benzene rings is 1. The summed E-state index contributed by atoms with van der Waals surface area (Å²) >= 11 is 0. The SMILES string of the molecule is CCc1ccc(CN(C)C(=O)CN2CCC(C)(CN)C2)cc1. The van der Waals surface area contributed by atoms with Crippen LogP contribution in [0.15, 0.2) is 24.3 Å². The van der Waals surface area contributed by atoms with E-state index < -0.39 is 0 Å². The van der Waals surface area contributed by atoms with E-state index in [-0.39, 0.29) is 11.3 Å². The van der Waals surface area contributed by atoms with E-state index in [1.54, 1.807) is 0 Å². The van der Waals surface area contributed by atoms with Gasteiger partial charge in [0.05, 0.1) is 6.54 Å². The third kappa shape index (κ3) is 4.31. The van der Waals surface area contributed by atoms with Gasteiger partial charge in [-0.05, 0) is 42.5 Å². The summed E-state index contributed by atoms with van der Waals surface area (Å²) in [6, 6.07) is 8.51. The smallest absolute Gasteiger partial charge is 0.236 e. The van der Waals surface area contributed by atoms with E-state index in [0.717, 1.165) is 25.9 Å². The molecule has 1 atom stereocenters. The molecule has 1 aliphatic rings. The van der Waals surface area contributed by atoms with Gasteiger partial charge in [0.15, 0.2) is 0 Å². The van der Waals surface area contributed by atoms with Crippen LogP contribution in [0.2, 0.25) is 0 Å². The number of amides is 1. The second-order valence-electron chi connectivity index (χ2n) is 6.90. The zero-order valence-electron chi connectivity index (χ0n) is 14.1. The van der Waals surface area contributed by atoms with Gasteiger partial charge in [0, 0.05) is 20.1 Å². The average Bonchev–Trinajstić information content (AvgIpc) is 2.90. The monoisotopic (exact) mass is 303 g/mol. The van der Waals surface area contributed by atoms with E-state index in [1.807, 2.05) is 11.9 Å². The molecule has 0 bridgehead atoms. The van der Waals surface area contributed by atoms with Crippen LogP contribution in [0.25, 0.3) is 0 Å². The Bertz CT molecular complexity index is 500. The predicted octanol–water partition coefficient (Wildman–Crippen LogP) is 1.88. The van der Waals surface area contributed by atoms with Crippen LogP contribution >= 0.6 is 0 Å². The van der Waals surface area contributed by atoms with Gasteiger partial charge in [0.1, 0.15) is 0 Å². The normalized spacial score (nSPS) is 22.0. The molecule has 0 radical (unpaired) electrons. The summed E-state index contributed by atoms with van der Waals surface area (Å²) in [6.45, 7) is 8.11. The van der Waals surface area contributed by atoms with Gasteiger partial charge in [-0.2, -0.15) is 0 Å². The molecule has 1 fully saturated rings. The minimum atomic E-state index is 0.175. The van der Waals surface area contributed by atoms with Crippen LogP contribution in [-0.2, 0) is 17.8 Å². The van der Waals surface area contributed by atoms with E-state index in [1.165, 1.54) is 11.1 Å². The van der Waals surface area contributed by atoms with Crippen molar-refractivity contribution < 1.29 is 4.79 Å². The van der Waals surface area contributed by atoms with Gasteiger partial charge in [-0.25, -0.2) is 0 Å². The van der Waals surface area contributed by atoms with Gasteiger partial charge in [0.25, 0.3) is 0 Å². The Balaban J connectivity index is 1.84. The topological polar surface area (TPSA) is 49.6 Å². The molecule has 1 saturated heterocycles. The summed E-state index contributed by atoms with van der Waals surface area (Å²) in [6.07, 6.45) is 2.13. The molecule has 0 spiro atoms. The maximum Gasteiger partial charge on any atom is 0.236 e. The van der Waals surface area contributed by atoms with Crippen molar-refractivity contribution >= 4 is 5.91 Å². The van der Waals surface area contributed by atoms with Crippen LogP contribution < -0.4 is 5.73 Å². The maximum absolute atomic E-state index is 12.4. The lowest BCUT2D eigenvalue weighted by atomic mass is 9.90. The largest absolute Gasteiger partial charge is 0.340 e. The van der Waals surface area contributed by atoms with Crippen LogP contribution in [0.4, 0.5) is 0 Å². The number of rotatable bonds is 6. The van der Waals surface area contributed by atoms with Gasteiger partial charge in [-0.3, -0.25) is 9.69 Å². The van der Waals surface area contributed by atoms with Crippen molar-refractivity contribution in [3.05, 3.63) is 35.4 Å². The molecule has 4 nitrogen and oxygen atoms in total. The quantitative estimate of drug-likeness (QED) is 0.873. The fraction of sp³-hybridized carbons (Fsp3) is 0.611. The molecule has 1 aromatic carbocycles. The molecule has 1 heterocycles. The molecular formula is C18H29N3O. The first-order valence-electron chi connectivity index (χ1n) is 8.20. The van der Waals surface area contributed by atoms with Crippen LogP contribution in [0, 0.1) is 5.41 Å². The van der Waals surface area contributed by atoms with Gasteiger partial charge < -0.3 is 10.6 Å². The molecule has 1 unspecified atom stereocenters. The summed E-state index contributed by atoms with van der Waals surface area (Å²) < 4.78 is 0. The maximum atomic E-state index is 12.4. The molecule has 1 aliphatic heterocycles. The van der Waals surface area contributed by atoms with Crippen molar-refractivity contribution in [3.63, 3.8) is 0 Å². The van der Waals surface area contributed by atoms with Gasteiger partial charge in [0.2, 0.25) is 5.91 Å². The van der Waals surface area contributed by atoms with Gasteiger partial charge in [-0.15, -0.1) is 0 Å². The lowest BCUT2D eigenvalue weighted by Gasteiger charge is -2.24. The first kappa shape index (κ1) is 17.0. The standard InChI is InChI=1S/C18H29N3O/c1-4-15-5-7-16(8-6-15)11-20(3)17(22)12-21-10-9-18(2,13-19)14-21/h5-8H,4,9-14,19H2,1-3H3. The molecule has 0 aliphatic carbocycles. The van der Waals surface area contributed by atoms with Crippen molar-refractivity contribution in [1.82, 2.24) is 9.80 Å². The Hall–Kier alpha value is -1.39. The molecule has 0 aromatic heterocycles. The van der Waals surface area contributed by atoms with Crippen molar-refractivity contribution in [2.24, 2.45) is 11.1 Å². The van der Waals surface area contributed by atoms with Crippen LogP contribution in [0.3, 0.4) is 0 Å². The van der Waals surface area contributed by atoms with Gasteiger partial charge in [-0.1, -0.05) is 38.1 Å². The first-order chi connectivity index (χ1) is 10.5. The Morgan fingerprint density at radius 3 is 2.50 bits per heavy atom. The highest BCUT2D eigenvalue weighted by molar-refractivity contribution is 5.78. The second-order valence-corrected chi connectivity index (χ2v) is 6.90. The number of aryl methyl sites for hydroxylation is 1. The third-order valence-corrected chi connectivity index (χ3v) is 4.77. The Labute approximate surface area is 134 Å². The highest BCUT2D eigenvalue weighted by Crippen LogP contribution is 2.28. The van der Waals surface area contributed by atoms with Crippen molar-refractivity contribution in [1.29, 1.82) is 0 Å². The Kier molecular flexibility index (Phi) is 5.59. The predicted molar refractivity (Wildman–Crippen MR) is 90.5 cm³/mol. The number of hydrogen-bond acceptors (Lipinski definition) is 3. The highest BCUT2D eigenvalue weighted by Gasteiger charge is 2.33. The minimum Gasteiger partial charge on any atom is -0.340 e. The number of likely N-dealkylation sites (tertiary alicyclic amines) is 1. The molecule has 2 N–H and O–H groups in total. The molecule has 4 heteroatoms. The molecule has 1 amide bonds. The summed E-state index contributed by atoms with van der Waals surface area (Å²) in [7, 11) is 1.88. The lowest BCUT2D eigenvalue weighted by Crippen LogP contribution is -2.39. The molecular weight excluding hydrogens is 274 g/mol. The Morgan fingerprint density at radius 1 is 1.32 bits per heavy atom. The van der Waals surface area contributed by atoms with Crippen molar-refractivity contribution in [3.8, 4) is 0 Å². The minimum absolute atomic E-state index is 0.175. The number of nitrogens with zero attached hydrogens (tertiary/aromatic N) is 2. The number of carbonyl (C=O) groups is 1. The van der Waals surface area contributed by atoms with E-state index in [4.69, 9.17) is 5.73 Å². The average molecular weight is 303 g/mol. The molecule has 22 heavy (non-hydrogen) atoms. The number of hydrogen-bond donors (Lipinski definition) is 1. The number of carbonyl (C=O) groups excluding carboxylic acids is 1. The summed E-state index contributed by atoms with van der Waals surface area (Å²) in [5.74, 6) is 0.181. The zero-order chi connectivity index (χ0) is 16.2. The third-order valence-electron chi connectivity index (χ3n) is 4.77. The summed E-state index contributed by atoms with van der Waals surface area (Å²) in [5, 5.41) is 0. The second kappa shape index (κ2) is 7.25. The van der Waals surface area contributed by atoms with E-state index in [2.05, 4.69) is 43.0 Å². The number of likely N-dealkylation sites (N-methyl/N-ethyl adjacent to an activating group) is 1. The molecule has 1 aromatic rings. The first-order valence-corrected chi connectivity index (χ1v) is 8.20. The van der Waals surface area contributed by atoms with E-state index >= 15 is 0 Å². The van der Waals surface area contributed by atoms with Crippen LogP contribution in [0.1, 0.15) is 31.4 Å².